The highest BCUT2D eigenvalue weighted by Gasteiger charge is 2.22. The Balaban J connectivity index is 2.86. The summed E-state index contributed by atoms with van der Waals surface area (Å²) in [5, 5.41) is 0. The molecule has 0 saturated heterocycles. The Hall–Kier alpha value is -1.17. The molecule has 2 unspecified atom stereocenters. The molecule has 3 N–H and O–H groups in total. The molecular weight excluding hydrogens is 254 g/mol. The lowest BCUT2D eigenvalue weighted by Crippen LogP contribution is -2.38. The molecule has 0 radical (unpaired) electrons. The molecule has 0 fully saturated rings. The summed E-state index contributed by atoms with van der Waals surface area (Å²) in [6.07, 6.45) is 6.54. The van der Waals surface area contributed by atoms with Crippen LogP contribution in [0.2, 0.25) is 0 Å². The average Bonchev–Trinajstić information content (AvgIpc) is 2.47. The van der Waals surface area contributed by atoms with Gasteiger partial charge in [0.05, 0.1) is 24.9 Å². The highest BCUT2D eigenvalue weighted by molar-refractivity contribution is 5.26. The first kappa shape index (κ1) is 16.9. The standard InChI is InChI=1S/C15H27N3O2/c1-4-7-14(19-6-3)15(18-16)12-9-13(11-17-10-12)20-8-5-2/h9-11,14-15,18H,4-8,16H2,1-3H3. The third-order valence-corrected chi connectivity index (χ3v) is 3.07. The molecule has 0 amide bonds. The summed E-state index contributed by atoms with van der Waals surface area (Å²) >= 11 is 0. The van der Waals surface area contributed by atoms with Gasteiger partial charge >= 0.3 is 0 Å². The number of ether oxygens (including phenoxy) is 2. The third kappa shape index (κ3) is 5.07. The van der Waals surface area contributed by atoms with Gasteiger partial charge in [-0.1, -0.05) is 20.3 Å². The summed E-state index contributed by atoms with van der Waals surface area (Å²) < 4.78 is 11.4. The quantitative estimate of drug-likeness (QED) is 0.509. The number of hydrogen-bond acceptors (Lipinski definition) is 5. The molecule has 0 aliphatic carbocycles. The first-order chi connectivity index (χ1) is 9.76. The summed E-state index contributed by atoms with van der Waals surface area (Å²) in [6.45, 7) is 7.57. The molecule has 0 saturated carbocycles. The fourth-order valence-electron chi connectivity index (χ4n) is 2.17. The first-order valence-electron chi connectivity index (χ1n) is 7.42. The predicted octanol–water partition coefficient (Wildman–Crippen LogP) is 2.58. The van der Waals surface area contributed by atoms with E-state index in [1.54, 1.807) is 6.20 Å². The van der Waals surface area contributed by atoms with Gasteiger partial charge in [0.2, 0.25) is 0 Å². The van der Waals surface area contributed by atoms with Crippen molar-refractivity contribution in [2.24, 2.45) is 5.84 Å². The van der Waals surface area contributed by atoms with Gasteiger partial charge in [-0.25, -0.2) is 0 Å². The molecule has 0 bridgehead atoms. The number of rotatable bonds is 10. The molecule has 5 heteroatoms. The van der Waals surface area contributed by atoms with Crippen molar-refractivity contribution < 1.29 is 9.47 Å². The number of hydrazine groups is 1. The van der Waals surface area contributed by atoms with Gasteiger partial charge in [0.25, 0.3) is 0 Å². The lowest BCUT2D eigenvalue weighted by Gasteiger charge is -2.26. The Bertz CT molecular complexity index is 368. The van der Waals surface area contributed by atoms with Gasteiger partial charge in [-0.15, -0.1) is 0 Å². The maximum atomic E-state index is 5.80. The molecule has 1 heterocycles. The van der Waals surface area contributed by atoms with Crippen LogP contribution < -0.4 is 16.0 Å². The van der Waals surface area contributed by atoms with Crippen molar-refractivity contribution >= 4 is 0 Å². The summed E-state index contributed by atoms with van der Waals surface area (Å²) in [7, 11) is 0. The molecule has 5 nitrogen and oxygen atoms in total. The third-order valence-electron chi connectivity index (χ3n) is 3.07. The zero-order chi connectivity index (χ0) is 14.8. The Kier molecular flexibility index (Phi) is 8.18. The SMILES string of the molecule is CCCOc1cncc(C(NN)C(CCC)OCC)c1. The van der Waals surface area contributed by atoms with E-state index in [2.05, 4.69) is 24.3 Å². The zero-order valence-corrected chi connectivity index (χ0v) is 12.8. The van der Waals surface area contributed by atoms with E-state index in [4.69, 9.17) is 15.3 Å². The monoisotopic (exact) mass is 281 g/mol. The fraction of sp³-hybridized carbons (Fsp3) is 0.667. The Morgan fingerprint density at radius 1 is 1.25 bits per heavy atom. The van der Waals surface area contributed by atoms with E-state index in [0.29, 0.717) is 13.2 Å². The van der Waals surface area contributed by atoms with E-state index in [1.807, 2.05) is 19.2 Å². The van der Waals surface area contributed by atoms with E-state index in [-0.39, 0.29) is 12.1 Å². The lowest BCUT2D eigenvalue weighted by molar-refractivity contribution is 0.0274. The van der Waals surface area contributed by atoms with E-state index < -0.39 is 0 Å². The molecular formula is C15H27N3O2. The van der Waals surface area contributed by atoms with E-state index in [9.17, 15) is 0 Å². The summed E-state index contributed by atoms with van der Waals surface area (Å²) in [5.74, 6) is 6.49. The average molecular weight is 281 g/mol. The van der Waals surface area contributed by atoms with Gasteiger partial charge in [0, 0.05) is 12.8 Å². The fourth-order valence-corrected chi connectivity index (χ4v) is 2.17. The Morgan fingerprint density at radius 2 is 2.05 bits per heavy atom. The van der Waals surface area contributed by atoms with Crippen LogP contribution in [0.4, 0.5) is 0 Å². The van der Waals surface area contributed by atoms with Crippen molar-refractivity contribution in [1.29, 1.82) is 0 Å². The van der Waals surface area contributed by atoms with Crippen LogP contribution in [0.5, 0.6) is 5.75 Å². The van der Waals surface area contributed by atoms with Crippen molar-refractivity contribution in [3.8, 4) is 5.75 Å². The molecule has 20 heavy (non-hydrogen) atoms. The molecule has 0 aliphatic rings. The normalized spacial score (nSPS) is 14.0. The lowest BCUT2D eigenvalue weighted by atomic mass is 10.00. The van der Waals surface area contributed by atoms with Crippen LogP contribution in [-0.4, -0.2) is 24.3 Å². The minimum Gasteiger partial charge on any atom is -0.492 e. The van der Waals surface area contributed by atoms with Crippen molar-refractivity contribution in [2.75, 3.05) is 13.2 Å². The van der Waals surface area contributed by atoms with Crippen LogP contribution in [-0.2, 0) is 4.74 Å². The second kappa shape index (κ2) is 9.69. The van der Waals surface area contributed by atoms with Gasteiger partial charge in [-0.3, -0.25) is 16.3 Å². The van der Waals surface area contributed by atoms with Crippen molar-refractivity contribution in [2.45, 2.75) is 52.2 Å². The van der Waals surface area contributed by atoms with Crippen LogP contribution in [0.3, 0.4) is 0 Å². The van der Waals surface area contributed by atoms with E-state index in [1.165, 1.54) is 0 Å². The number of nitrogens with one attached hydrogen (secondary N) is 1. The topological polar surface area (TPSA) is 69.4 Å². The van der Waals surface area contributed by atoms with Gasteiger partial charge in [0.15, 0.2) is 0 Å². The number of nitrogens with two attached hydrogens (primary N) is 1. The maximum Gasteiger partial charge on any atom is 0.137 e. The van der Waals surface area contributed by atoms with Gasteiger partial charge in [0.1, 0.15) is 5.75 Å². The summed E-state index contributed by atoms with van der Waals surface area (Å²) in [4.78, 5) is 4.23. The molecule has 114 valence electrons. The second-order valence-electron chi connectivity index (χ2n) is 4.73. The van der Waals surface area contributed by atoms with Gasteiger partial charge in [-0.05, 0) is 31.4 Å². The minimum absolute atomic E-state index is 0.0400. The van der Waals surface area contributed by atoms with Crippen molar-refractivity contribution in [1.82, 2.24) is 10.4 Å². The summed E-state index contributed by atoms with van der Waals surface area (Å²) in [6, 6.07) is 1.90. The number of nitrogens with zero attached hydrogens (tertiary/aromatic N) is 1. The maximum absolute atomic E-state index is 5.80. The van der Waals surface area contributed by atoms with Crippen LogP contribution in [0, 0.1) is 0 Å². The van der Waals surface area contributed by atoms with E-state index >= 15 is 0 Å². The highest BCUT2D eigenvalue weighted by atomic mass is 16.5. The largest absolute Gasteiger partial charge is 0.492 e. The van der Waals surface area contributed by atoms with E-state index in [0.717, 1.165) is 30.6 Å². The zero-order valence-electron chi connectivity index (χ0n) is 12.8. The molecule has 1 aromatic rings. The van der Waals surface area contributed by atoms with Gasteiger partial charge < -0.3 is 9.47 Å². The Morgan fingerprint density at radius 3 is 2.65 bits per heavy atom. The van der Waals surface area contributed by atoms with Crippen LogP contribution in [0.15, 0.2) is 18.5 Å². The molecule has 1 rings (SSSR count). The smallest absolute Gasteiger partial charge is 0.137 e. The molecule has 0 aromatic carbocycles. The van der Waals surface area contributed by atoms with Crippen LogP contribution >= 0.6 is 0 Å². The molecule has 0 aliphatic heterocycles. The van der Waals surface area contributed by atoms with Crippen molar-refractivity contribution in [3.63, 3.8) is 0 Å². The number of hydrogen-bond donors (Lipinski definition) is 2. The van der Waals surface area contributed by atoms with Crippen LogP contribution in [0.1, 0.15) is 51.6 Å². The van der Waals surface area contributed by atoms with Gasteiger partial charge in [-0.2, -0.15) is 0 Å². The Labute approximate surface area is 121 Å². The highest BCUT2D eigenvalue weighted by Crippen LogP contribution is 2.24. The van der Waals surface area contributed by atoms with Crippen LogP contribution in [0.25, 0.3) is 0 Å². The minimum atomic E-state index is -0.0763. The predicted molar refractivity (Wildman–Crippen MR) is 80.4 cm³/mol. The number of aromatic nitrogens is 1. The molecule has 1 aromatic heterocycles. The molecule has 0 spiro atoms. The van der Waals surface area contributed by atoms with Crippen molar-refractivity contribution in [3.05, 3.63) is 24.0 Å². The number of pyridine rings is 1. The summed E-state index contributed by atoms with van der Waals surface area (Å²) in [5.41, 5.74) is 3.84. The first-order valence-corrected chi connectivity index (χ1v) is 7.42. The molecule has 2 atom stereocenters. The second-order valence-corrected chi connectivity index (χ2v) is 4.73.